The average Bonchev–Trinajstić information content (AvgIpc) is 3.28. The topological polar surface area (TPSA) is 114 Å². The Hall–Kier alpha value is -3.58. The van der Waals surface area contributed by atoms with E-state index < -0.39 is 32.2 Å². The van der Waals surface area contributed by atoms with Crippen LogP contribution in [0.15, 0.2) is 58.2 Å². The Morgan fingerprint density at radius 3 is 2.46 bits per heavy atom. The molecule has 0 unspecified atom stereocenters. The number of nitrogens with one attached hydrogen (secondary N) is 1. The zero-order valence-corrected chi connectivity index (χ0v) is 20.6. The molecular formula is C24H23F3N6O3S. The van der Waals surface area contributed by atoms with Gasteiger partial charge in [-0.05, 0) is 43.5 Å². The number of aryl methyl sites for hydroxylation is 1. The summed E-state index contributed by atoms with van der Waals surface area (Å²) in [4.78, 5) is 19.6. The lowest BCUT2D eigenvalue weighted by Crippen LogP contribution is -2.38. The van der Waals surface area contributed by atoms with E-state index in [1.165, 1.54) is 4.31 Å². The molecule has 1 aliphatic rings. The summed E-state index contributed by atoms with van der Waals surface area (Å²) in [6, 6.07) is 11.6. The molecule has 4 aromatic rings. The number of sulfonamides is 1. The number of H-pyrrole nitrogens is 1. The van der Waals surface area contributed by atoms with E-state index in [1.807, 2.05) is 31.2 Å². The zero-order chi connectivity index (χ0) is 26.4. The third kappa shape index (κ3) is 5.01. The lowest BCUT2D eigenvalue weighted by atomic mass is 9.97. The van der Waals surface area contributed by atoms with Gasteiger partial charge in [0.1, 0.15) is 5.82 Å². The highest BCUT2D eigenvalue weighted by molar-refractivity contribution is 7.89. The predicted octanol–water partition coefficient (Wildman–Crippen LogP) is 3.46. The predicted molar refractivity (Wildman–Crippen MR) is 128 cm³/mol. The summed E-state index contributed by atoms with van der Waals surface area (Å²) in [5.41, 5.74) is 1.07. The number of benzene rings is 2. The van der Waals surface area contributed by atoms with Gasteiger partial charge in [-0.25, -0.2) is 18.1 Å². The van der Waals surface area contributed by atoms with E-state index in [4.69, 9.17) is 0 Å². The smallest absolute Gasteiger partial charge is 0.308 e. The first-order valence-electron chi connectivity index (χ1n) is 11.6. The van der Waals surface area contributed by atoms with Gasteiger partial charge in [0.25, 0.3) is 5.56 Å². The highest BCUT2D eigenvalue weighted by Crippen LogP contribution is 2.33. The standard InChI is InChI=1S/C24H23F3N6O3S/c1-15-5-7-16(8-6-15)14-33-22-20(30-31-33)23(34)29-21(28-22)17-9-11-32(12-10-17)37(35,36)19-4-2-3-18(13-19)24(25,26)27/h2-8,13,17H,9-12,14H2,1H3,(H,28,29,34). The van der Waals surface area contributed by atoms with Gasteiger partial charge in [-0.2, -0.15) is 17.5 Å². The van der Waals surface area contributed by atoms with Crippen LogP contribution in [0.1, 0.15) is 41.3 Å². The van der Waals surface area contributed by atoms with Crippen molar-refractivity contribution in [3.8, 4) is 0 Å². The monoisotopic (exact) mass is 532 g/mol. The Balaban J connectivity index is 1.35. The van der Waals surface area contributed by atoms with E-state index in [1.54, 1.807) is 4.68 Å². The van der Waals surface area contributed by atoms with Crippen LogP contribution in [-0.2, 0) is 22.7 Å². The number of alkyl halides is 3. The van der Waals surface area contributed by atoms with Crippen LogP contribution in [0.3, 0.4) is 0 Å². The molecule has 2 aromatic heterocycles. The molecule has 0 amide bonds. The number of piperidine rings is 1. The normalized spacial score (nSPS) is 15.9. The van der Waals surface area contributed by atoms with Gasteiger partial charge in [0, 0.05) is 19.0 Å². The van der Waals surface area contributed by atoms with E-state index in [-0.39, 0.29) is 24.5 Å². The maximum atomic E-state index is 13.1. The summed E-state index contributed by atoms with van der Waals surface area (Å²) >= 11 is 0. The van der Waals surface area contributed by atoms with E-state index in [2.05, 4.69) is 20.3 Å². The quantitative estimate of drug-likeness (QED) is 0.421. The van der Waals surface area contributed by atoms with E-state index in [0.717, 1.165) is 29.3 Å². The zero-order valence-electron chi connectivity index (χ0n) is 19.7. The van der Waals surface area contributed by atoms with Crippen LogP contribution >= 0.6 is 0 Å². The Bertz CT molecular complexity index is 1610. The summed E-state index contributed by atoms with van der Waals surface area (Å²) in [5.74, 6) is 0.161. The number of hydrogen-bond acceptors (Lipinski definition) is 6. The number of halogens is 3. The summed E-state index contributed by atoms with van der Waals surface area (Å²) < 4.78 is 67.9. The molecule has 9 nitrogen and oxygen atoms in total. The number of rotatable bonds is 5. The van der Waals surface area contributed by atoms with Gasteiger partial charge in [-0.1, -0.05) is 41.1 Å². The first-order chi connectivity index (χ1) is 17.5. The van der Waals surface area contributed by atoms with Crippen molar-refractivity contribution in [2.75, 3.05) is 13.1 Å². The van der Waals surface area contributed by atoms with Crippen molar-refractivity contribution >= 4 is 21.2 Å². The van der Waals surface area contributed by atoms with Crippen molar-refractivity contribution in [1.82, 2.24) is 29.3 Å². The first kappa shape index (κ1) is 25.1. The fourth-order valence-corrected chi connectivity index (χ4v) is 5.92. The van der Waals surface area contributed by atoms with Gasteiger partial charge < -0.3 is 4.98 Å². The molecule has 0 radical (unpaired) electrons. The Labute approximate surface area is 210 Å². The third-order valence-electron chi connectivity index (χ3n) is 6.48. The summed E-state index contributed by atoms with van der Waals surface area (Å²) in [7, 11) is -4.11. The molecule has 0 bridgehead atoms. The molecule has 3 heterocycles. The second kappa shape index (κ2) is 9.38. The van der Waals surface area contributed by atoms with Crippen molar-refractivity contribution in [2.24, 2.45) is 0 Å². The minimum Gasteiger partial charge on any atom is -0.308 e. The van der Waals surface area contributed by atoms with Crippen LogP contribution < -0.4 is 5.56 Å². The molecule has 2 aromatic carbocycles. The molecule has 1 saturated heterocycles. The maximum Gasteiger partial charge on any atom is 0.416 e. The van der Waals surface area contributed by atoms with Crippen molar-refractivity contribution in [2.45, 2.75) is 43.3 Å². The number of hydrogen-bond donors (Lipinski definition) is 1. The Morgan fingerprint density at radius 1 is 1.08 bits per heavy atom. The summed E-state index contributed by atoms with van der Waals surface area (Å²) in [6.07, 6.45) is -3.96. The molecule has 13 heteroatoms. The van der Waals surface area contributed by atoms with Crippen molar-refractivity contribution in [3.05, 3.63) is 81.4 Å². The largest absolute Gasteiger partial charge is 0.416 e. The van der Waals surface area contributed by atoms with Crippen molar-refractivity contribution < 1.29 is 21.6 Å². The molecular weight excluding hydrogens is 509 g/mol. The van der Waals surface area contributed by atoms with Gasteiger partial charge in [0.2, 0.25) is 10.0 Å². The van der Waals surface area contributed by atoms with Crippen LogP contribution in [0, 0.1) is 6.92 Å². The SMILES string of the molecule is Cc1ccc(Cn2nnc3c(=O)[nH]c(C4CCN(S(=O)(=O)c5cccc(C(F)(F)F)c5)CC4)nc32)cc1. The summed E-state index contributed by atoms with van der Waals surface area (Å²) in [6.45, 7) is 2.51. The average molecular weight is 533 g/mol. The first-order valence-corrected chi connectivity index (χ1v) is 13.0. The fraction of sp³-hybridized carbons (Fsp3) is 0.333. The van der Waals surface area contributed by atoms with Crippen molar-refractivity contribution in [3.63, 3.8) is 0 Å². The molecule has 0 spiro atoms. The lowest BCUT2D eigenvalue weighted by Gasteiger charge is -2.30. The molecule has 5 rings (SSSR count). The number of nitrogens with zero attached hydrogens (tertiary/aromatic N) is 5. The molecule has 0 aliphatic carbocycles. The molecule has 37 heavy (non-hydrogen) atoms. The van der Waals surface area contributed by atoms with E-state index in [0.29, 0.717) is 36.9 Å². The minimum absolute atomic E-state index is 0.0753. The summed E-state index contributed by atoms with van der Waals surface area (Å²) in [5, 5.41) is 8.04. The molecule has 1 fully saturated rings. The van der Waals surface area contributed by atoms with E-state index >= 15 is 0 Å². The van der Waals surface area contributed by atoms with Crippen LogP contribution in [0.5, 0.6) is 0 Å². The highest BCUT2D eigenvalue weighted by Gasteiger charge is 2.35. The number of fused-ring (bicyclic) bond motifs is 1. The fourth-order valence-electron chi connectivity index (χ4n) is 4.40. The van der Waals surface area contributed by atoms with Crippen molar-refractivity contribution in [1.29, 1.82) is 0 Å². The third-order valence-corrected chi connectivity index (χ3v) is 8.38. The Kier molecular flexibility index (Phi) is 6.36. The van der Waals surface area contributed by atoms with Gasteiger partial charge >= 0.3 is 6.18 Å². The molecule has 0 saturated carbocycles. The molecule has 1 aliphatic heterocycles. The highest BCUT2D eigenvalue weighted by atomic mass is 32.2. The van der Waals surface area contributed by atoms with Gasteiger partial charge in [-0.3, -0.25) is 4.79 Å². The molecule has 194 valence electrons. The number of aromatic nitrogens is 5. The van der Waals surface area contributed by atoms with Gasteiger partial charge in [-0.15, -0.1) is 5.10 Å². The van der Waals surface area contributed by atoms with Gasteiger partial charge in [0.15, 0.2) is 11.2 Å². The van der Waals surface area contributed by atoms with Crippen LogP contribution in [0.25, 0.3) is 11.2 Å². The van der Waals surface area contributed by atoms with Crippen LogP contribution in [-0.4, -0.2) is 50.8 Å². The second-order valence-electron chi connectivity index (χ2n) is 9.06. The Morgan fingerprint density at radius 2 is 1.78 bits per heavy atom. The minimum atomic E-state index is -4.64. The number of aromatic amines is 1. The lowest BCUT2D eigenvalue weighted by molar-refractivity contribution is -0.137. The van der Waals surface area contributed by atoms with Crippen LogP contribution in [0.4, 0.5) is 13.2 Å². The van der Waals surface area contributed by atoms with Crippen LogP contribution in [0.2, 0.25) is 0 Å². The molecule has 0 atom stereocenters. The molecule has 1 N–H and O–H groups in total. The maximum absolute atomic E-state index is 13.1. The van der Waals surface area contributed by atoms with Gasteiger partial charge in [0.05, 0.1) is 17.0 Å². The second-order valence-corrected chi connectivity index (χ2v) is 11.0. The van der Waals surface area contributed by atoms with E-state index in [9.17, 15) is 26.4 Å².